The Morgan fingerprint density at radius 1 is 0.848 bits per heavy atom. The van der Waals surface area contributed by atoms with Crippen LogP contribution in [0.4, 0.5) is 0 Å². The van der Waals surface area contributed by atoms with Crippen LogP contribution in [0.15, 0.2) is 84.2 Å². The van der Waals surface area contributed by atoms with E-state index in [2.05, 4.69) is 16.0 Å². The number of hydrogen-bond acceptors (Lipinski definition) is 8. The Morgan fingerprint density at radius 2 is 1.57 bits per heavy atom. The Bertz CT molecular complexity index is 1630. The minimum atomic E-state index is -1.50. The first-order chi connectivity index (χ1) is 22.1. The third kappa shape index (κ3) is 9.00. The van der Waals surface area contributed by atoms with Gasteiger partial charge in [-0.25, -0.2) is 4.79 Å². The van der Waals surface area contributed by atoms with Crippen LogP contribution in [0, 0.1) is 5.92 Å². The molecule has 0 bridgehead atoms. The molecule has 4 rings (SSSR count). The van der Waals surface area contributed by atoms with Gasteiger partial charge in [-0.2, -0.15) is 0 Å². The number of rotatable bonds is 14. The van der Waals surface area contributed by atoms with Crippen molar-refractivity contribution >= 4 is 45.8 Å². The molecule has 0 aliphatic heterocycles. The summed E-state index contributed by atoms with van der Waals surface area (Å²) in [6, 6.07) is 21.3. The smallest absolute Gasteiger partial charge is 0.337 e. The average Bonchev–Trinajstić information content (AvgIpc) is 3.58. The van der Waals surface area contributed by atoms with E-state index in [0.29, 0.717) is 11.1 Å². The molecule has 1 aromatic heterocycles. The molecule has 0 fully saturated rings. The normalized spacial score (nSPS) is 13.8. The Labute approximate surface area is 271 Å². The summed E-state index contributed by atoms with van der Waals surface area (Å²) in [5.74, 6) is -2.39. The fraction of sp³-hybridized carbons (Fsp3) is 0.314. The topological polar surface area (TPSA) is 154 Å². The van der Waals surface area contributed by atoms with Gasteiger partial charge in [0, 0.05) is 17.8 Å². The zero-order valence-corrected chi connectivity index (χ0v) is 26.8. The van der Waals surface area contributed by atoms with Gasteiger partial charge in [0.1, 0.15) is 6.04 Å². The Balaban J connectivity index is 1.39. The number of nitrogens with one attached hydrogen (secondary N) is 3. The van der Waals surface area contributed by atoms with Crippen LogP contribution < -0.4 is 16.0 Å². The molecule has 46 heavy (non-hydrogen) atoms. The van der Waals surface area contributed by atoms with Crippen molar-refractivity contribution in [2.24, 2.45) is 5.92 Å². The first-order valence-corrected chi connectivity index (χ1v) is 15.9. The number of aliphatic hydroxyl groups is 2. The van der Waals surface area contributed by atoms with Crippen molar-refractivity contribution < 1.29 is 34.1 Å². The second-order valence-electron chi connectivity index (χ2n) is 11.3. The van der Waals surface area contributed by atoms with E-state index in [0.717, 1.165) is 21.2 Å². The van der Waals surface area contributed by atoms with Gasteiger partial charge in [-0.1, -0.05) is 74.5 Å². The SMILES string of the molecule is COC(=O)c1ccc(CNC(=O)C(NC(=O)CC(O)C(Cc2cccs2)NC(=O)C(O)c2cccc3ccccc23)C(C)C)cc1. The van der Waals surface area contributed by atoms with Crippen LogP contribution in [0.1, 0.15) is 52.7 Å². The minimum Gasteiger partial charge on any atom is -0.465 e. The summed E-state index contributed by atoms with van der Waals surface area (Å²) in [5, 5.41) is 34.0. The van der Waals surface area contributed by atoms with Gasteiger partial charge in [0.15, 0.2) is 6.10 Å². The lowest BCUT2D eigenvalue weighted by Crippen LogP contribution is -2.52. The fourth-order valence-corrected chi connectivity index (χ4v) is 5.86. The molecule has 242 valence electrons. The molecule has 0 saturated carbocycles. The van der Waals surface area contributed by atoms with Crippen LogP contribution in [0.5, 0.6) is 0 Å². The number of ether oxygens (including phenoxy) is 1. The summed E-state index contributed by atoms with van der Waals surface area (Å²) in [6.07, 6.45) is -2.95. The van der Waals surface area contributed by atoms with Crippen LogP contribution in [-0.4, -0.2) is 59.2 Å². The van der Waals surface area contributed by atoms with Gasteiger partial charge in [0.2, 0.25) is 11.8 Å². The molecular weight excluding hydrogens is 606 g/mol. The average molecular weight is 646 g/mol. The molecular formula is C35H39N3O7S. The molecule has 0 radical (unpaired) electrons. The molecule has 0 aliphatic rings. The number of hydrogen-bond donors (Lipinski definition) is 5. The standard InChI is InChI=1S/C35H39N3O7S/c1-21(2)31(33(42)36-20-22-13-15-24(16-14-22)35(44)45-3)38-30(40)19-29(39)28(18-25-10-7-17-46-25)37-34(43)32(41)27-12-6-9-23-8-4-5-11-26(23)27/h4-17,21,28-29,31-32,39,41H,18-20H2,1-3H3,(H,36,42)(H,37,43)(H,38,40). The van der Waals surface area contributed by atoms with Crippen molar-refractivity contribution in [2.75, 3.05) is 7.11 Å². The monoisotopic (exact) mass is 645 g/mol. The van der Waals surface area contributed by atoms with Crippen molar-refractivity contribution in [2.45, 2.75) is 57.5 Å². The van der Waals surface area contributed by atoms with Crippen LogP contribution in [0.2, 0.25) is 0 Å². The highest BCUT2D eigenvalue weighted by molar-refractivity contribution is 7.09. The van der Waals surface area contributed by atoms with Gasteiger partial charge < -0.3 is 30.9 Å². The third-order valence-corrected chi connectivity index (χ3v) is 8.56. The quantitative estimate of drug-likeness (QED) is 0.131. The first kappa shape index (κ1) is 34.3. The zero-order valence-electron chi connectivity index (χ0n) is 25.9. The minimum absolute atomic E-state index is 0.177. The number of fused-ring (bicyclic) bond motifs is 1. The molecule has 3 aromatic carbocycles. The maximum absolute atomic E-state index is 13.3. The number of thiophene rings is 1. The highest BCUT2D eigenvalue weighted by atomic mass is 32.1. The lowest BCUT2D eigenvalue weighted by atomic mass is 9.98. The lowest BCUT2D eigenvalue weighted by molar-refractivity contribution is -0.133. The fourth-order valence-electron chi connectivity index (χ4n) is 5.10. The third-order valence-electron chi connectivity index (χ3n) is 7.66. The number of esters is 1. The number of benzene rings is 3. The van der Waals surface area contributed by atoms with E-state index in [1.54, 1.807) is 50.2 Å². The predicted octanol–water partition coefficient (Wildman–Crippen LogP) is 3.66. The number of amides is 3. The number of carbonyl (C=O) groups is 4. The Morgan fingerprint density at radius 3 is 2.24 bits per heavy atom. The number of aliphatic hydroxyl groups excluding tert-OH is 2. The van der Waals surface area contributed by atoms with Crippen LogP contribution in [-0.2, 0) is 32.1 Å². The van der Waals surface area contributed by atoms with Crippen molar-refractivity contribution in [3.8, 4) is 0 Å². The summed E-state index contributed by atoms with van der Waals surface area (Å²) in [4.78, 5) is 52.0. The summed E-state index contributed by atoms with van der Waals surface area (Å²) in [5.41, 5.74) is 1.58. The first-order valence-electron chi connectivity index (χ1n) is 15.0. The van der Waals surface area contributed by atoms with Gasteiger partial charge in [0.25, 0.3) is 5.91 Å². The molecule has 4 unspecified atom stereocenters. The van der Waals surface area contributed by atoms with Gasteiger partial charge in [-0.05, 0) is 51.4 Å². The van der Waals surface area contributed by atoms with Crippen molar-refractivity contribution in [3.63, 3.8) is 0 Å². The van der Waals surface area contributed by atoms with Crippen LogP contribution >= 0.6 is 11.3 Å². The van der Waals surface area contributed by atoms with Crippen LogP contribution in [0.25, 0.3) is 10.8 Å². The van der Waals surface area contributed by atoms with E-state index < -0.39 is 48.0 Å². The molecule has 11 heteroatoms. The van der Waals surface area contributed by atoms with E-state index in [1.807, 2.05) is 47.8 Å². The summed E-state index contributed by atoms with van der Waals surface area (Å²) < 4.78 is 4.70. The number of carbonyl (C=O) groups excluding carboxylic acids is 4. The lowest BCUT2D eigenvalue weighted by Gasteiger charge is -2.27. The van der Waals surface area contributed by atoms with E-state index in [-0.39, 0.29) is 25.3 Å². The van der Waals surface area contributed by atoms with Gasteiger partial charge >= 0.3 is 5.97 Å². The zero-order chi connectivity index (χ0) is 33.2. The summed E-state index contributed by atoms with van der Waals surface area (Å²) in [7, 11) is 1.30. The maximum atomic E-state index is 13.3. The van der Waals surface area contributed by atoms with Gasteiger partial charge in [-0.15, -0.1) is 11.3 Å². The Hall–Kier alpha value is -4.58. The number of methoxy groups -OCH3 is 1. The van der Waals surface area contributed by atoms with Crippen LogP contribution in [0.3, 0.4) is 0 Å². The van der Waals surface area contributed by atoms with Gasteiger partial charge in [0.05, 0.1) is 31.2 Å². The largest absolute Gasteiger partial charge is 0.465 e. The molecule has 1 heterocycles. The molecule has 4 aromatic rings. The predicted molar refractivity (Wildman–Crippen MR) is 176 cm³/mol. The maximum Gasteiger partial charge on any atom is 0.337 e. The van der Waals surface area contributed by atoms with E-state index >= 15 is 0 Å². The second-order valence-corrected chi connectivity index (χ2v) is 12.4. The molecule has 5 N–H and O–H groups in total. The second kappa shape index (κ2) is 16.1. The Kier molecular flexibility index (Phi) is 12.0. The highest BCUT2D eigenvalue weighted by Crippen LogP contribution is 2.25. The summed E-state index contributed by atoms with van der Waals surface area (Å²) >= 11 is 1.45. The van der Waals surface area contributed by atoms with Crippen molar-refractivity contribution in [1.82, 2.24) is 16.0 Å². The van der Waals surface area contributed by atoms with Crippen molar-refractivity contribution in [1.29, 1.82) is 0 Å². The van der Waals surface area contributed by atoms with Gasteiger partial charge in [-0.3, -0.25) is 14.4 Å². The summed E-state index contributed by atoms with van der Waals surface area (Å²) in [6.45, 7) is 3.76. The molecule has 3 amide bonds. The molecule has 10 nitrogen and oxygen atoms in total. The molecule has 0 aliphatic carbocycles. The molecule has 0 saturated heterocycles. The van der Waals surface area contributed by atoms with E-state index in [4.69, 9.17) is 4.74 Å². The molecule has 0 spiro atoms. The van der Waals surface area contributed by atoms with E-state index in [9.17, 15) is 29.4 Å². The van der Waals surface area contributed by atoms with Crippen molar-refractivity contribution in [3.05, 3.63) is 106 Å². The highest BCUT2D eigenvalue weighted by Gasteiger charge is 2.30. The van der Waals surface area contributed by atoms with E-state index in [1.165, 1.54) is 18.4 Å². The molecule has 4 atom stereocenters.